The van der Waals surface area contributed by atoms with Gasteiger partial charge in [-0.15, -0.1) is 12.4 Å². The van der Waals surface area contributed by atoms with Crippen molar-refractivity contribution in [3.05, 3.63) is 23.3 Å². The molecule has 0 aromatic heterocycles. The second kappa shape index (κ2) is 6.06. The van der Waals surface area contributed by atoms with Gasteiger partial charge in [-0.2, -0.15) is 0 Å². The number of fused-ring (bicyclic) bond motifs is 1. The summed E-state index contributed by atoms with van der Waals surface area (Å²) in [5.41, 5.74) is 7.82. The molecule has 4 N–H and O–H groups in total. The Morgan fingerprint density at radius 3 is 2.89 bits per heavy atom. The average Bonchev–Trinajstić information content (AvgIpc) is 2.68. The molecule has 1 aromatic rings. The fourth-order valence-corrected chi connectivity index (χ4v) is 1.79. The van der Waals surface area contributed by atoms with Crippen LogP contribution in [0.1, 0.15) is 11.1 Å². The highest BCUT2D eigenvalue weighted by Crippen LogP contribution is 2.21. The molecule has 0 saturated heterocycles. The molecular formula is C10H13BClNO5. The summed E-state index contributed by atoms with van der Waals surface area (Å²) in [6.07, 6.45) is 0. The van der Waals surface area contributed by atoms with E-state index in [0.717, 1.165) is 11.1 Å². The predicted octanol–water partition coefficient (Wildman–Crippen LogP) is -0.752. The van der Waals surface area contributed by atoms with Crippen LogP contribution in [0.2, 0.25) is 0 Å². The molecule has 1 aliphatic heterocycles. The molecule has 0 unspecified atom stereocenters. The summed E-state index contributed by atoms with van der Waals surface area (Å²) < 4.78 is 10.1. The van der Waals surface area contributed by atoms with Crippen molar-refractivity contribution in [2.24, 2.45) is 5.73 Å². The highest BCUT2D eigenvalue weighted by molar-refractivity contribution is 6.61. The Balaban J connectivity index is 0.00000162. The van der Waals surface area contributed by atoms with E-state index < -0.39 is 19.7 Å². The molecule has 8 heteroatoms. The molecule has 0 saturated carbocycles. The Hall–Kier alpha value is -1.28. The number of carbonyl (C=O) groups is 1. The fraction of sp³-hybridized carbons (Fsp3) is 0.300. The van der Waals surface area contributed by atoms with E-state index in [9.17, 15) is 9.82 Å². The van der Waals surface area contributed by atoms with Crippen molar-refractivity contribution in [2.75, 3.05) is 6.61 Å². The van der Waals surface area contributed by atoms with Gasteiger partial charge in [-0.3, -0.25) is 0 Å². The number of hydrogen-bond donors (Lipinski definition) is 3. The zero-order chi connectivity index (χ0) is 12.4. The maximum Gasteiger partial charge on any atom is 0.491 e. The lowest BCUT2D eigenvalue weighted by atomic mass is 9.78. The van der Waals surface area contributed by atoms with Gasteiger partial charge in [-0.1, -0.05) is 0 Å². The number of hydrogen-bond acceptors (Lipinski definition) is 5. The van der Waals surface area contributed by atoms with Gasteiger partial charge in [0.25, 0.3) is 0 Å². The summed E-state index contributed by atoms with van der Waals surface area (Å²) in [5, 5.41) is 18.1. The van der Waals surface area contributed by atoms with Crippen LogP contribution in [-0.4, -0.2) is 29.8 Å². The lowest BCUT2D eigenvalue weighted by Crippen LogP contribution is -2.29. The molecule has 2 rings (SSSR count). The quantitative estimate of drug-likeness (QED) is 0.624. The Bertz CT molecular complexity index is 456. The van der Waals surface area contributed by atoms with Gasteiger partial charge in [0, 0.05) is 6.54 Å². The largest absolute Gasteiger partial charge is 0.491 e. The summed E-state index contributed by atoms with van der Waals surface area (Å²) in [4.78, 5) is 10.4. The van der Waals surface area contributed by atoms with Crippen molar-refractivity contribution in [2.45, 2.75) is 13.2 Å². The third-order valence-electron chi connectivity index (χ3n) is 2.58. The maximum atomic E-state index is 10.4. The molecule has 1 aromatic carbocycles. The highest BCUT2D eigenvalue weighted by Gasteiger charge is 2.29. The van der Waals surface area contributed by atoms with Crippen LogP contribution in [0.25, 0.3) is 0 Å². The van der Waals surface area contributed by atoms with E-state index >= 15 is 0 Å². The Labute approximate surface area is 110 Å². The highest BCUT2D eigenvalue weighted by atomic mass is 35.5. The van der Waals surface area contributed by atoms with Crippen molar-refractivity contribution >= 4 is 31.0 Å². The Kier molecular flexibility index (Phi) is 4.98. The first-order valence-electron chi connectivity index (χ1n) is 5.12. The number of benzene rings is 1. The maximum absolute atomic E-state index is 10.4. The van der Waals surface area contributed by atoms with Crippen molar-refractivity contribution in [3.63, 3.8) is 0 Å². The second-order valence-corrected chi connectivity index (χ2v) is 3.70. The third kappa shape index (κ3) is 2.94. The minimum atomic E-state index is -1.06. The van der Waals surface area contributed by atoms with Crippen LogP contribution >= 0.6 is 12.4 Å². The summed E-state index contributed by atoms with van der Waals surface area (Å²) in [6.45, 7) is 0.157. The van der Waals surface area contributed by atoms with Gasteiger partial charge in [-0.25, -0.2) is 4.79 Å². The van der Waals surface area contributed by atoms with Gasteiger partial charge in [0.15, 0.2) is 6.61 Å². The molecule has 0 radical (unpaired) electrons. The van der Waals surface area contributed by atoms with Crippen LogP contribution in [0.4, 0.5) is 0 Å². The molecule has 0 spiro atoms. The summed E-state index contributed by atoms with van der Waals surface area (Å²) >= 11 is 0. The SMILES string of the molecule is Cl.NCc1cc(OCC(=O)O)cc2c1COB2O. The van der Waals surface area contributed by atoms with Gasteiger partial charge in [0.05, 0.1) is 6.61 Å². The molecule has 18 heavy (non-hydrogen) atoms. The van der Waals surface area contributed by atoms with E-state index in [1.165, 1.54) is 0 Å². The van der Waals surface area contributed by atoms with Gasteiger partial charge < -0.3 is 25.3 Å². The van der Waals surface area contributed by atoms with E-state index in [4.69, 9.17) is 20.2 Å². The topological polar surface area (TPSA) is 102 Å². The molecule has 0 amide bonds. The number of rotatable bonds is 4. The minimum absolute atomic E-state index is 0. The lowest BCUT2D eigenvalue weighted by Gasteiger charge is -2.10. The Morgan fingerprint density at radius 2 is 2.28 bits per heavy atom. The molecule has 0 fully saturated rings. The minimum Gasteiger partial charge on any atom is -0.482 e. The molecule has 1 heterocycles. The van der Waals surface area contributed by atoms with Crippen molar-refractivity contribution in [1.82, 2.24) is 0 Å². The molecule has 0 bridgehead atoms. The van der Waals surface area contributed by atoms with E-state index in [0.29, 0.717) is 17.8 Å². The summed E-state index contributed by atoms with van der Waals surface area (Å²) in [7, 11) is -0.997. The van der Waals surface area contributed by atoms with Crippen LogP contribution < -0.4 is 15.9 Å². The van der Waals surface area contributed by atoms with Crippen LogP contribution in [0.3, 0.4) is 0 Å². The number of nitrogens with two attached hydrogens (primary N) is 1. The first-order chi connectivity index (χ1) is 8.11. The summed E-state index contributed by atoms with van der Waals surface area (Å²) in [5.74, 6) is -0.687. The summed E-state index contributed by atoms with van der Waals surface area (Å²) in [6, 6.07) is 3.25. The van der Waals surface area contributed by atoms with Crippen molar-refractivity contribution in [1.29, 1.82) is 0 Å². The predicted molar refractivity (Wildman–Crippen MR) is 67.1 cm³/mol. The van der Waals surface area contributed by atoms with Crippen LogP contribution in [-0.2, 0) is 22.6 Å². The smallest absolute Gasteiger partial charge is 0.482 e. The van der Waals surface area contributed by atoms with Crippen LogP contribution in [0, 0.1) is 0 Å². The average molecular weight is 273 g/mol. The molecule has 6 nitrogen and oxygen atoms in total. The molecule has 98 valence electrons. The normalized spacial score (nSPS) is 12.9. The zero-order valence-electron chi connectivity index (χ0n) is 9.46. The zero-order valence-corrected chi connectivity index (χ0v) is 10.3. The number of ether oxygens (including phenoxy) is 1. The lowest BCUT2D eigenvalue weighted by molar-refractivity contribution is -0.139. The number of carboxylic acids is 1. The van der Waals surface area contributed by atoms with Gasteiger partial charge in [0.2, 0.25) is 0 Å². The second-order valence-electron chi connectivity index (χ2n) is 3.70. The first kappa shape index (κ1) is 14.8. The molecular weight excluding hydrogens is 260 g/mol. The van der Waals surface area contributed by atoms with Gasteiger partial charge in [-0.05, 0) is 28.7 Å². The Morgan fingerprint density at radius 1 is 1.56 bits per heavy atom. The third-order valence-corrected chi connectivity index (χ3v) is 2.58. The number of carboxylic acid groups (broad SMARTS) is 1. The van der Waals surface area contributed by atoms with Crippen molar-refractivity contribution in [3.8, 4) is 5.75 Å². The van der Waals surface area contributed by atoms with Gasteiger partial charge in [0.1, 0.15) is 5.75 Å². The van der Waals surface area contributed by atoms with Crippen molar-refractivity contribution < 1.29 is 24.3 Å². The number of aliphatic carboxylic acids is 1. The van der Waals surface area contributed by atoms with Gasteiger partial charge >= 0.3 is 13.1 Å². The van der Waals surface area contributed by atoms with Crippen LogP contribution in [0.5, 0.6) is 5.75 Å². The monoisotopic (exact) mass is 273 g/mol. The van der Waals surface area contributed by atoms with Crippen LogP contribution in [0.15, 0.2) is 12.1 Å². The standard InChI is InChI=1S/C10H12BNO5.ClH/c12-3-6-1-7(16-5-10(13)14)2-9-8(6)4-17-11(9)15;/h1-2,15H,3-5,12H2,(H,13,14);1H. The fourth-order valence-electron chi connectivity index (χ4n) is 1.79. The molecule has 0 atom stereocenters. The molecule has 0 aliphatic carbocycles. The molecule has 1 aliphatic rings. The van der Waals surface area contributed by atoms with E-state index in [2.05, 4.69) is 0 Å². The van der Waals surface area contributed by atoms with E-state index in [-0.39, 0.29) is 19.0 Å². The number of halogens is 1. The van der Waals surface area contributed by atoms with E-state index in [1.54, 1.807) is 12.1 Å². The van der Waals surface area contributed by atoms with E-state index in [1.807, 2.05) is 0 Å². The first-order valence-corrected chi connectivity index (χ1v) is 5.12.